The van der Waals surface area contributed by atoms with Crippen LogP contribution in [0.1, 0.15) is 20.7 Å². The molecule has 0 aliphatic rings. The Balaban J connectivity index is 2.18. The summed E-state index contributed by atoms with van der Waals surface area (Å²) in [5.41, 5.74) is -0.0558. The van der Waals surface area contributed by atoms with E-state index in [1.54, 1.807) is 18.2 Å². The number of phenolic OH excluding ortho intramolecular Hbond substituents is 2. The van der Waals surface area contributed by atoms with Crippen molar-refractivity contribution >= 4 is 11.9 Å². The molecular weight excluding hydrogens is 248 g/mol. The zero-order valence-electron chi connectivity index (χ0n) is 9.74. The lowest BCUT2D eigenvalue weighted by Gasteiger charge is -2.05. The SMILES string of the molecule is O=C(OC(=O)c1cccc(O)c1O)c1ccccc1. The molecule has 0 heterocycles. The van der Waals surface area contributed by atoms with Gasteiger partial charge in [-0.1, -0.05) is 24.3 Å². The van der Waals surface area contributed by atoms with Gasteiger partial charge < -0.3 is 14.9 Å². The molecule has 0 saturated heterocycles. The van der Waals surface area contributed by atoms with Crippen molar-refractivity contribution < 1.29 is 24.5 Å². The van der Waals surface area contributed by atoms with E-state index in [0.29, 0.717) is 0 Å². The molecule has 2 aromatic carbocycles. The van der Waals surface area contributed by atoms with Crippen LogP contribution in [0.3, 0.4) is 0 Å². The molecule has 5 nitrogen and oxygen atoms in total. The maximum atomic E-state index is 11.7. The number of para-hydroxylation sites is 1. The summed E-state index contributed by atoms with van der Waals surface area (Å²) in [5, 5.41) is 18.7. The lowest BCUT2D eigenvalue weighted by Crippen LogP contribution is -2.12. The molecule has 96 valence electrons. The molecule has 2 rings (SSSR count). The van der Waals surface area contributed by atoms with Gasteiger partial charge in [-0.25, -0.2) is 9.59 Å². The van der Waals surface area contributed by atoms with Gasteiger partial charge in [0, 0.05) is 0 Å². The molecule has 0 radical (unpaired) electrons. The molecule has 0 atom stereocenters. The van der Waals surface area contributed by atoms with Crippen LogP contribution in [0.25, 0.3) is 0 Å². The number of aromatic hydroxyl groups is 2. The van der Waals surface area contributed by atoms with Crippen LogP contribution in [0.2, 0.25) is 0 Å². The Hall–Kier alpha value is -2.82. The van der Waals surface area contributed by atoms with Gasteiger partial charge in [0.15, 0.2) is 11.5 Å². The summed E-state index contributed by atoms with van der Waals surface area (Å²) >= 11 is 0. The summed E-state index contributed by atoms with van der Waals surface area (Å²) in [6, 6.07) is 11.8. The van der Waals surface area contributed by atoms with Gasteiger partial charge >= 0.3 is 11.9 Å². The number of carbonyl (C=O) groups excluding carboxylic acids is 2. The standard InChI is InChI=1S/C14H10O5/c15-11-8-4-7-10(12(11)16)14(18)19-13(17)9-5-2-1-3-6-9/h1-8,15-16H. The van der Waals surface area contributed by atoms with E-state index in [0.717, 1.165) is 0 Å². The van der Waals surface area contributed by atoms with Gasteiger partial charge in [0.1, 0.15) is 5.56 Å². The highest BCUT2D eigenvalue weighted by molar-refractivity contribution is 6.04. The van der Waals surface area contributed by atoms with Gasteiger partial charge in [-0.2, -0.15) is 0 Å². The maximum Gasteiger partial charge on any atom is 0.349 e. The number of phenols is 2. The molecule has 0 saturated carbocycles. The Kier molecular flexibility index (Phi) is 3.47. The summed E-state index contributed by atoms with van der Waals surface area (Å²) in [7, 11) is 0. The number of benzene rings is 2. The third kappa shape index (κ3) is 2.71. The first-order chi connectivity index (χ1) is 9.09. The average molecular weight is 258 g/mol. The van der Waals surface area contributed by atoms with E-state index in [2.05, 4.69) is 4.74 Å². The molecule has 0 amide bonds. The van der Waals surface area contributed by atoms with Crippen LogP contribution in [0.15, 0.2) is 48.5 Å². The van der Waals surface area contributed by atoms with E-state index in [9.17, 15) is 19.8 Å². The summed E-state index contributed by atoms with van der Waals surface area (Å²) in [5.74, 6) is -2.93. The van der Waals surface area contributed by atoms with E-state index in [-0.39, 0.29) is 11.1 Å². The summed E-state index contributed by atoms with van der Waals surface area (Å²) in [6.07, 6.45) is 0. The van der Waals surface area contributed by atoms with E-state index < -0.39 is 23.4 Å². The van der Waals surface area contributed by atoms with Crippen LogP contribution in [0.4, 0.5) is 0 Å². The molecule has 0 aliphatic carbocycles. The first-order valence-electron chi connectivity index (χ1n) is 5.42. The second kappa shape index (κ2) is 5.22. The fourth-order valence-corrected chi connectivity index (χ4v) is 1.47. The van der Waals surface area contributed by atoms with Crippen LogP contribution in [-0.4, -0.2) is 22.2 Å². The van der Waals surface area contributed by atoms with Crippen molar-refractivity contribution in [1.29, 1.82) is 0 Å². The van der Waals surface area contributed by atoms with Crippen molar-refractivity contribution in [2.75, 3.05) is 0 Å². The zero-order valence-corrected chi connectivity index (χ0v) is 9.74. The third-order valence-corrected chi connectivity index (χ3v) is 2.43. The van der Waals surface area contributed by atoms with Crippen LogP contribution in [0, 0.1) is 0 Å². The van der Waals surface area contributed by atoms with Gasteiger partial charge in [-0.05, 0) is 24.3 Å². The molecule has 0 aliphatic heterocycles. The Labute approximate surface area is 108 Å². The lowest BCUT2D eigenvalue weighted by atomic mass is 10.2. The molecule has 2 N–H and O–H groups in total. The number of hydrogen-bond donors (Lipinski definition) is 2. The van der Waals surface area contributed by atoms with E-state index in [1.165, 1.54) is 30.3 Å². The highest BCUT2D eigenvalue weighted by Crippen LogP contribution is 2.28. The minimum atomic E-state index is -1.03. The van der Waals surface area contributed by atoms with Gasteiger partial charge in [-0.15, -0.1) is 0 Å². The molecule has 0 bridgehead atoms. The predicted octanol–water partition coefficient (Wildman–Crippen LogP) is 2.09. The topological polar surface area (TPSA) is 83.8 Å². The number of esters is 2. The van der Waals surface area contributed by atoms with Crippen LogP contribution >= 0.6 is 0 Å². The molecule has 0 spiro atoms. The highest BCUT2D eigenvalue weighted by Gasteiger charge is 2.19. The fraction of sp³-hybridized carbons (Fsp3) is 0. The molecule has 0 fully saturated rings. The van der Waals surface area contributed by atoms with E-state index in [1.807, 2.05) is 0 Å². The van der Waals surface area contributed by atoms with Crippen molar-refractivity contribution in [3.63, 3.8) is 0 Å². The molecule has 5 heteroatoms. The number of rotatable bonds is 2. The normalized spacial score (nSPS) is 9.89. The van der Waals surface area contributed by atoms with Gasteiger partial charge in [0.05, 0.1) is 5.56 Å². The van der Waals surface area contributed by atoms with E-state index in [4.69, 9.17) is 0 Å². The number of hydrogen-bond acceptors (Lipinski definition) is 5. The molecule has 2 aromatic rings. The smallest absolute Gasteiger partial charge is 0.349 e. The van der Waals surface area contributed by atoms with Crippen LogP contribution in [0.5, 0.6) is 11.5 Å². The van der Waals surface area contributed by atoms with Crippen molar-refractivity contribution in [3.8, 4) is 11.5 Å². The number of ether oxygens (including phenoxy) is 1. The van der Waals surface area contributed by atoms with Crippen molar-refractivity contribution in [2.24, 2.45) is 0 Å². The number of carbonyl (C=O) groups is 2. The minimum absolute atomic E-state index is 0.218. The second-order valence-corrected chi connectivity index (χ2v) is 3.72. The first kappa shape index (κ1) is 12.6. The Morgan fingerprint density at radius 3 is 2.21 bits per heavy atom. The maximum absolute atomic E-state index is 11.7. The molecule has 0 unspecified atom stereocenters. The van der Waals surface area contributed by atoms with Gasteiger partial charge in [0.25, 0.3) is 0 Å². The highest BCUT2D eigenvalue weighted by atomic mass is 16.6. The molecule has 0 aromatic heterocycles. The summed E-state index contributed by atoms with van der Waals surface area (Å²) < 4.78 is 4.61. The van der Waals surface area contributed by atoms with Crippen LogP contribution < -0.4 is 0 Å². The minimum Gasteiger partial charge on any atom is -0.504 e. The quantitative estimate of drug-likeness (QED) is 0.489. The molecule has 19 heavy (non-hydrogen) atoms. The predicted molar refractivity (Wildman–Crippen MR) is 66.0 cm³/mol. The van der Waals surface area contributed by atoms with E-state index >= 15 is 0 Å². The van der Waals surface area contributed by atoms with Crippen molar-refractivity contribution in [2.45, 2.75) is 0 Å². The van der Waals surface area contributed by atoms with Gasteiger partial charge in [0.2, 0.25) is 0 Å². The Morgan fingerprint density at radius 2 is 1.53 bits per heavy atom. The summed E-state index contributed by atoms with van der Waals surface area (Å²) in [4.78, 5) is 23.3. The van der Waals surface area contributed by atoms with Gasteiger partial charge in [-0.3, -0.25) is 0 Å². The fourth-order valence-electron chi connectivity index (χ4n) is 1.47. The largest absolute Gasteiger partial charge is 0.504 e. The lowest BCUT2D eigenvalue weighted by molar-refractivity contribution is 0.0395. The van der Waals surface area contributed by atoms with Crippen molar-refractivity contribution in [1.82, 2.24) is 0 Å². The Bertz CT molecular complexity index is 619. The zero-order chi connectivity index (χ0) is 13.8. The Morgan fingerprint density at radius 1 is 0.842 bits per heavy atom. The summed E-state index contributed by atoms with van der Waals surface area (Å²) in [6.45, 7) is 0. The first-order valence-corrected chi connectivity index (χ1v) is 5.42. The third-order valence-electron chi connectivity index (χ3n) is 2.43. The average Bonchev–Trinajstić information content (AvgIpc) is 2.42. The van der Waals surface area contributed by atoms with Crippen molar-refractivity contribution in [3.05, 3.63) is 59.7 Å². The molecular formula is C14H10O5. The monoisotopic (exact) mass is 258 g/mol. The van der Waals surface area contributed by atoms with Crippen LogP contribution in [-0.2, 0) is 4.74 Å². The second-order valence-electron chi connectivity index (χ2n) is 3.72.